The highest BCUT2D eigenvalue weighted by atomic mass is 19.1. The second-order valence-electron chi connectivity index (χ2n) is 2.87. The Labute approximate surface area is 84.2 Å². The van der Waals surface area contributed by atoms with Gasteiger partial charge in [-0.05, 0) is 18.9 Å². The van der Waals surface area contributed by atoms with E-state index >= 15 is 0 Å². The molecule has 0 fully saturated rings. The third-order valence-corrected chi connectivity index (χ3v) is 1.71. The van der Waals surface area contributed by atoms with Crippen molar-refractivity contribution in [2.24, 2.45) is 0 Å². The fraction of sp³-hybridized carbons (Fsp3) is 0.333. The van der Waals surface area contributed by atoms with Gasteiger partial charge in [0.1, 0.15) is 0 Å². The smallest absolute Gasteiger partial charge is 0.172 e. The summed E-state index contributed by atoms with van der Waals surface area (Å²) in [5.41, 5.74) is 0. The van der Waals surface area contributed by atoms with Crippen molar-refractivity contribution in [2.75, 3.05) is 6.61 Å². The first kappa shape index (κ1) is 10.8. The molecule has 0 heterocycles. The van der Waals surface area contributed by atoms with Gasteiger partial charge < -0.3 is 4.74 Å². The van der Waals surface area contributed by atoms with Crippen molar-refractivity contribution in [3.8, 4) is 5.75 Å². The number of ether oxygens (including phenoxy) is 1. The van der Waals surface area contributed by atoms with Gasteiger partial charge in [-0.3, -0.25) is 0 Å². The lowest BCUT2D eigenvalue weighted by molar-refractivity contribution is 0.307. The Bertz CT molecular complexity index is 294. The molecule has 1 rings (SSSR count). The molecule has 2 heteroatoms. The molecule has 75 valence electrons. The average Bonchev–Trinajstić information content (AvgIpc) is 2.20. The van der Waals surface area contributed by atoms with Gasteiger partial charge >= 0.3 is 0 Å². The lowest BCUT2D eigenvalue weighted by Gasteiger charge is -2.04. The molecule has 0 saturated carbocycles. The fourth-order valence-electron chi connectivity index (χ4n) is 1.03. The van der Waals surface area contributed by atoms with Gasteiger partial charge in [0.15, 0.2) is 11.6 Å². The number of halogens is 1. The Kier molecular flexibility index (Phi) is 4.76. The minimum absolute atomic E-state index is 0.275. The third-order valence-electron chi connectivity index (χ3n) is 1.71. The first-order chi connectivity index (χ1) is 6.84. The molecule has 0 spiro atoms. The van der Waals surface area contributed by atoms with Crippen LogP contribution >= 0.6 is 0 Å². The van der Waals surface area contributed by atoms with Crippen LogP contribution in [0.2, 0.25) is 0 Å². The first-order valence-corrected chi connectivity index (χ1v) is 4.78. The van der Waals surface area contributed by atoms with Gasteiger partial charge in [0.05, 0.1) is 6.61 Å². The van der Waals surface area contributed by atoms with Gasteiger partial charge in [-0.15, -0.1) is 0 Å². The normalized spacial score (nSPS) is 10.7. The zero-order valence-electron chi connectivity index (χ0n) is 8.29. The van der Waals surface area contributed by atoms with Gasteiger partial charge in [0, 0.05) is 6.07 Å². The summed E-state index contributed by atoms with van der Waals surface area (Å²) in [7, 11) is 0. The van der Waals surface area contributed by atoms with Gasteiger partial charge in [-0.2, -0.15) is 0 Å². The minimum atomic E-state index is -0.424. The molecule has 14 heavy (non-hydrogen) atoms. The third kappa shape index (κ3) is 3.60. The topological polar surface area (TPSA) is 9.23 Å². The monoisotopic (exact) mass is 193 g/mol. The molecule has 0 aliphatic rings. The Morgan fingerprint density at radius 2 is 2.36 bits per heavy atom. The molecule has 0 saturated heterocycles. The molecule has 0 aliphatic heterocycles. The van der Waals surface area contributed by atoms with Gasteiger partial charge in [-0.25, -0.2) is 4.39 Å². The Hall–Kier alpha value is -1.31. The van der Waals surface area contributed by atoms with E-state index in [0.29, 0.717) is 6.61 Å². The summed E-state index contributed by atoms with van der Waals surface area (Å²) in [6, 6.07) is 7.28. The SMILES string of the molecule is CCC=CCCOc1ccc[c]c1F. The first-order valence-electron chi connectivity index (χ1n) is 4.78. The van der Waals surface area contributed by atoms with E-state index in [-0.39, 0.29) is 5.75 Å². The van der Waals surface area contributed by atoms with Crippen molar-refractivity contribution < 1.29 is 9.13 Å². The van der Waals surface area contributed by atoms with E-state index in [9.17, 15) is 4.39 Å². The number of hydrogen-bond acceptors (Lipinski definition) is 1. The van der Waals surface area contributed by atoms with Crippen LogP contribution in [0.4, 0.5) is 4.39 Å². The highest BCUT2D eigenvalue weighted by Crippen LogP contribution is 2.14. The van der Waals surface area contributed by atoms with E-state index < -0.39 is 5.82 Å². The summed E-state index contributed by atoms with van der Waals surface area (Å²) >= 11 is 0. The van der Waals surface area contributed by atoms with Crippen LogP contribution in [-0.2, 0) is 0 Å². The number of allylic oxidation sites excluding steroid dienone is 1. The van der Waals surface area contributed by atoms with Crippen LogP contribution in [0.3, 0.4) is 0 Å². The Morgan fingerprint density at radius 3 is 3.07 bits per heavy atom. The highest BCUT2D eigenvalue weighted by molar-refractivity contribution is 5.22. The van der Waals surface area contributed by atoms with Crippen LogP contribution in [-0.4, -0.2) is 6.61 Å². The lowest BCUT2D eigenvalue weighted by atomic mass is 10.3. The molecule has 1 aromatic carbocycles. The van der Waals surface area contributed by atoms with E-state index in [1.165, 1.54) is 6.07 Å². The van der Waals surface area contributed by atoms with Gasteiger partial charge in [0.2, 0.25) is 0 Å². The van der Waals surface area contributed by atoms with Crippen molar-refractivity contribution in [1.82, 2.24) is 0 Å². The second-order valence-corrected chi connectivity index (χ2v) is 2.87. The summed E-state index contributed by atoms with van der Waals surface area (Å²) < 4.78 is 18.2. The fourth-order valence-corrected chi connectivity index (χ4v) is 1.03. The lowest BCUT2D eigenvalue weighted by Crippen LogP contribution is -1.97. The van der Waals surface area contributed by atoms with Crippen LogP contribution in [0, 0.1) is 11.9 Å². The summed E-state index contributed by atoms with van der Waals surface area (Å²) in [6.45, 7) is 2.58. The number of rotatable bonds is 5. The van der Waals surface area contributed by atoms with Crippen molar-refractivity contribution in [2.45, 2.75) is 19.8 Å². The van der Waals surface area contributed by atoms with Crippen molar-refractivity contribution in [1.29, 1.82) is 0 Å². The predicted molar refractivity (Wildman–Crippen MR) is 54.8 cm³/mol. The van der Waals surface area contributed by atoms with E-state index in [2.05, 4.69) is 19.1 Å². The molecule has 0 atom stereocenters. The highest BCUT2D eigenvalue weighted by Gasteiger charge is 1.99. The predicted octanol–water partition coefficient (Wildman–Crippen LogP) is 3.36. The minimum Gasteiger partial charge on any atom is -0.490 e. The molecular weight excluding hydrogens is 179 g/mol. The van der Waals surface area contributed by atoms with Crippen LogP contribution in [0.25, 0.3) is 0 Å². The standard InChI is InChI=1S/C12H14FO/c1-2-3-4-7-10-14-12-9-6-5-8-11(12)13/h3-6,9H,2,7,10H2,1H3. The van der Waals surface area contributed by atoms with Crippen LogP contribution in [0.1, 0.15) is 19.8 Å². The summed E-state index contributed by atoms with van der Waals surface area (Å²) in [5, 5.41) is 0. The maximum absolute atomic E-state index is 13.0. The molecule has 1 aromatic rings. The van der Waals surface area contributed by atoms with Crippen LogP contribution < -0.4 is 4.74 Å². The van der Waals surface area contributed by atoms with Gasteiger partial charge in [-0.1, -0.05) is 31.2 Å². The zero-order valence-corrected chi connectivity index (χ0v) is 8.29. The molecule has 0 unspecified atom stereocenters. The van der Waals surface area contributed by atoms with E-state index in [0.717, 1.165) is 12.8 Å². The summed E-state index contributed by atoms with van der Waals surface area (Å²) in [6.07, 6.45) is 5.93. The van der Waals surface area contributed by atoms with Crippen molar-refractivity contribution in [3.63, 3.8) is 0 Å². The zero-order chi connectivity index (χ0) is 10.2. The Balaban J connectivity index is 2.31. The maximum atomic E-state index is 13.0. The molecule has 0 amide bonds. The van der Waals surface area contributed by atoms with Crippen LogP contribution in [0.5, 0.6) is 5.75 Å². The number of hydrogen-bond donors (Lipinski definition) is 0. The molecule has 0 aliphatic carbocycles. The van der Waals surface area contributed by atoms with E-state index in [1.807, 2.05) is 6.08 Å². The van der Waals surface area contributed by atoms with Gasteiger partial charge in [0.25, 0.3) is 0 Å². The summed E-state index contributed by atoms with van der Waals surface area (Å²) in [5.74, 6) is -0.149. The maximum Gasteiger partial charge on any atom is 0.172 e. The molecule has 1 nitrogen and oxygen atoms in total. The summed E-state index contributed by atoms with van der Waals surface area (Å²) in [4.78, 5) is 0. The van der Waals surface area contributed by atoms with E-state index in [4.69, 9.17) is 4.74 Å². The number of benzene rings is 1. The van der Waals surface area contributed by atoms with E-state index in [1.54, 1.807) is 12.1 Å². The average molecular weight is 193 g/mol. The molecule has 0 bridgehead atoms. The van der Waals surface area contributed by atoms with Crippen molar-refractivity contribution in [3.05, 3.63) is 42.2 Å². The van der Waals surface area contributed by atoms with Crippen LogP contribution in [0.15, 0.2) is 30.4 Å². The molecule has 0 N–H and O–H groups in total. The second kappa shape index (κ2) is 6.19. The Morgan fingerprint density at radius 1 is 1.50 bits per heavy atom. The van der Waals surface area contributed by atoms with Crippen molar-refractivity contribution >= 4 is 0 Å². The quantitative estimate of drug-likeness (QED) is 0.514. The molecular formula is C12H14FO. The molecule has 0 aromatic heterocycles. The molecule has 1 radical (unpaired) electrons. The largest absolute Gasteiger partial charge is 0.490 e.